The summed E-state index contributed by atoms with van der Waals surface area (Å²) in [5, 5.41) is 3.56. The van der Waals surface area contributed by atoms with Gasteiger partial charge in [-0.15, -0.1) is 0 Å². The second-order valence-electron chi connectivity index (χ2n) is 6.48. The summed E-state index contributed by atoms with van der Waals surface area (Å²) in [4.78, 5) is 17.2. The Morgan fingerprint density at radius 2 is 1.69 bits per heavy atom. The molecule has 1 amide bonds. The first-order valence-electron chi connectivity index (χ1n) is 8.91. The number of fused-ring (bicyclic) bond motifs is 1. The third-order valence-electron chi connectivity index (χ3n) is 4.43. The van der Waals surface area contributed by atoms with Crippen LogP contribution in [0, 0.1) is 18.6 Å². The van der Waals surface area contributed by atoms with Gasteiger partial charge >= 0.3 is 0 Å². The monoisotopic (exact) mass is 390 g/mol. The summed E-state index contributed by atoms with van der Waals surface area (Å²) < 4.78 is 32.6. The molecule has 0 aliphatic heterocycles. The van der Waals surface area contributed by atoms with E-state index in [9.17, 15) is 13.6 Å². The van der Waals surface area contributed by atoms with Crippen molar-refractivity contribution in [1.29, 1.82) is 0 Å². The molecule has 0 aliphatic rings. The number of nitrogens with zero attached hydrogens (tertiary/aromatic N) is 1. The van der Waals surface area contributed by atoms with Gasteiger partial charge in [0, 0.05) is 17.1 Å². The largest absolute Gasteiger partial charge is 0.438 e. The lowest BCUT2D eigenvalue weighted by Crippen LogP contribution is -2.22. The number of aryl methyl sites for hydroxylation is 1. The van der Waals surface area contributed by atoms with E-state index >= 15 is 0 Å². The van der Waals surface area contributed by atoms with Gasteiger partial charge in [-0.2, -0.15) is 0 Å². The summed E-state index contributed by atoms with van der Waals surface area (Å²) in [6, 6.07) is 19.4. The molecule has 0 unspecified atom stereocenters. The molecule has 4 aromatic rings. The van der Waals surface area contributed by atoms with Gasteiger partial charge in [0.15, 0.2) is 11.6 Å². The summed E-state index contributed by atoms with van der Waals surface area (Å²) in [6.45, 7) is 1.88. The van der Waals surface area contributed by atoms with Gasteiger partial charge in [-0.1, -0.05) is 36.4 Å². The van der Waals surface area contributed by atoms with Crippen molar-refractivity contribution in [3.8, 4) is 0 Å². The first-order chi connectivity index (χ1) is 14.0. The lowest BCUT2D eigenvalue weighted by Gasteiger charge is -2.09. The first kappa shape index (κ1) is 18.6. The van der Waals surface area contributed by atoms with Crippen molar-refractivity contribution in [3.05, 3.63) is 101 Å². The fourth-order valence-corrected chi connectivity index (χ4v) is 2.89. The van der Waals surface area contributed by atoms with E-state index in [4.69, 9.17) is 4.42 Å². The molecule has 0 radical (unpaired) electrons. The number of hydrogen-bond acceptors (Lipinski definition) is 3. The smallest absolute Gasteiger partial charge is 0.261 e. The van der Waals surface area contributed by atoms with Gasteiger partial charge in [-0.25, -0.2) is 13.8 Å². The molecule has 4 nitrogen and oxygen atoms in total. The predicted octanol–water partition coefficient (Wildman–Crippen LogP) is 5.50. The molecule has 0 saturated carbocycles. The number of carbonyl (C=O) groups excluding carboxylic acids is 1. The van der Waals surface area contributed by atoms with Crippen molar-refractivity contribution in [1.82, 2.24) is 0 Å². The van der Waals surface area contributed by atoms with E-state index < -0.39 is 17.5 Å². The minimum Gasteiger partial charge on any atom is -0.438 e. The number of anilines is 1. The lowest BCUT2D eigenvalue weighted by molar-refractivity contribution is 0.102. The maximum absolute atomic E-state index is 13.6. The highest BCUT2D eigenvalue weighted by atomic mass is 19.2. The van der Waals surface area contributed by atoms with Gasteiger partial charge in [0.05, 0.1) is 5.69 Å². The Kier molecular flexibility index (Phi) is 4.91. The number of rotatable bonds is 3. The number of para-hydroxylation sites is 2. The summed E-state index contributed by atoms with van der Waals surface area (Å²) in [6.07, 6.45) is 0. The molecular weight excluding hydrogens is 374 g/mol. The van der Waals surface area contributed by atoms with E-state index in [1.807, 2.05) is 37.3 Å². The molecule has 1 N–H and O–H groups in total. The van der Waals surface area contributed by atoms with Crippen LogP contribution in [-0.4, -0.2) is 5.91 Å². The van der Waals surface area contributed by atoms with Crippen molar-refractivity contribution in [2.24, 2.45) is 4.99 Å². The van der Waals surface area contributed by atoms with E-state index in [-0.39, 0.29) is 16.8 Å². The maximum atomic E-state index is 13.6. The average molecular weight is 390 g/mol. The van der Waals surface area contributed by atoms with Gasteiger partial charge in [0.1, 0.15) is 11.1 Å². The molecule has 0 saturated heterocycles. The Labute approximate surface area is 165 Å². The van der Waals surface area contributed by atoms with Crippen LogP contribution in [-0.2, 0) is 0 Å². The van der Waals surface area contributed by atoms with Gasteiger partial charge in [0.2, 0.25) is 5.55 Å². The van der Waals surface area contributed by atoms with Crippen LogP contribution in [0.5, 0.6) is 0 Å². The molecule has 0 bridgehead atoms. The molecule has 1 aromatic heterocycles. The summed E-state index contributed by atoms with van der Waals surface area (Å²) in [5.41, 5.74) is 2.38. The van der Waals surface area contributed by atoms with Crippen LogP contribution in [0.25, 0.3) is 11.0 Å². The Morgan fingerprint density at radius 3 is 2.48 bits per heavy atom. The van der Waals surface area contributed by atoms with Gasteiger partial charge in [-0.05, 0) is 42.8 Å². The Morgan fingerprint density at radius 1 is 0.931 bits per heavy atom. The van der Waals surface area contributed by atoms with Gasteiger partial charge in [0.25, 0.3) is 5.91 Å². The van der Waals surface area contributed by atoms with Crippen molar-refractivity contribution >= 4 is 28.3 Å². The number of hydrogen-bond donors (Lipinski definition) is 1. The van der Waals surface area contributed by atoms with Crippen molar-refractivity contribution in [3.63, 3.8) is 0 Å². The molecule has 0 fully saturated rings. The SMILES string of the molecule is Cc1ccccc1NC(=O)c1cc2ccccc2oc1=Nc1ccc(F)c(F)c1. The Bertz CT molecular complexity index is 1300. The minimum atomic E-state index is -1.03. The number of benzene rings is 3. The molecule has 0 atom stereocenters. The highest BCUT2D eigenvalue weighted by Crippen LogP contribution is 2.19. The minimum absolute atomic E-state index is 0.000734. The molecule has 0 spiro atoms. The van der Waals surface area contributed by atoms with Crippen LogP contribution in [0.2, 0.25) is 0 Å². The highest BCUT2D eigenvalue weighted by Gasteiger charge is 2.14. The summed E-state index contributed by atoms with van der Waals surface area (Å²) in [7, 11) is 0. The van der Waals surface area contributed by atoms with Crippen LogP contribution < -0.4 is 10.9 Å². The fraction of sp³-hybridized carbons (Fsp3) is 0.0435. The average Bonchev–Trinajstić information content (AvgIpc) is 2.72. The third kappa shape index (κ3) is 3.91. The zero-order valence-electron chi connectivity index (χ0n) is 15.4. The van der Waals surface area contributed by atoms with Crippen molar-refractivity contribution < 1.29 is 18.0 Å². The van der Waals surface area contributed by atoms with Crippen LogP contribution >= 0.6 is 0 Å². The van der Waals surface area contributed by atoms with Crippen LogP contribution in [0.3, 0.4) is 0 Å². The van der Waals surface area contributed by atoms with E-state index in [1.165, 1.54) is 6.07 Å². The lowest BCUT2D eigenvalue weighted by atomic mass is 10.1. The van der Waals surface area contributed by atoms with E-state index in [2.05, 4.69) is 10.3 Å². The number of carbonyl (C=O) groups is 1. The number of halogens is 2. The molecule has 4 rings (SSSR count). The third-order valence-corrected chi connectivity index (χ3v) is 4.43. The van der Waals surface area contributed by atoms with Crippen LogP contribution in [0.4, 0.5) is 20.2 Å². The Balaban J connectivity index is 1.86. The Hall–Kier alpha value is -3.80. The molecular formula is C23H16F2N2O2. The van der Waals surface area contributed by atoms with E-state index in [1.54, 1.807) is 24.3 Å². The molecule has 6 heteroatoms. The summed E-state index contributed by atoms with van der Waals surface area (Å²) >= 11 is 0. The molecule has 29 heavy (non-hydrogen) atoms. The van der Waals surface area contributed by atoms with Gasteiger partial charge < -0.3 is 9.73 Å². The van der Waals surface area contributed by atoms with Crippen molar-refractivity contribution in [2.45, 2.75) is 6.92 Å². The topological polar surface area (TPSA) is 54.6 Å². The van der Waals surface area contributed by atoms with Gasteiger partial charge in [-0.3, -0.25) is 4.79 Å². The number of amides is 1. The highest BCUT2D eigenvalue weighted by molar-refractivity contribution is 6.05. The molecule has 144 valence electrons. The second-order valence-corrected chi connectivity index (χ2v) is 6.48. The van der Waals surface area contributed by atoms with Crippen LogP contribution in [0.1, 0.15) is 15.9 Å². The van der Waals surface area contributed by atoms with Crippen molar-refractivity contribution in [2.75, 3.05) is 5.32 Å². The summed E-state index contributed by atoms with van der Waals surface area (Å²) in [5.74, 6) is -2.43. The first-order valence-corrected chi connectivity index (χ1v) is 8.91. The van der Waals surface area contributed by atoms with E-state index in [0.29, 0.717) is 16.7 Å². The molecule has 3 aromatic carbocycles. The molecule has 1 heterocycles. The zero-order valence-corrected chi connectivity index (χ0v) is 15.4. The normalized spacial score (nSPS) is 11.6. The molecule has 0 aliphatic carbocycles. The number of nitrogens with one attached hydrogen (secondary N) is 1. The fourth-order valence-electron chi connectivity index (χ4n) is 2.89. The predicted molar refractivity (Wildman–Crippen MR) is 107 cm³/mol. The zero-order chi connectivity index (χ0) is 20.4. The standard InChI is InChI=1S/C23H16F2N2O2/c1-14-6-2-4-8-20(14)27-22(28)17-12-15-7-3-5-9-21(15)29-23(17)26-16-10-11-18(24)19(25)13-16/h2-13H,1H3,(H,27,28). The van der Waals surface area contributed by atoms with Crippen LogP contribution in [0.15, 0.2) is 82.2 Å². The van der Waals surface area contributed by atoms with E-state index in [0.717, 1.165) is 17.7 Å². The second kappa shape index (κ2) is 7.67. The maximum Gasteiger partial charge on any atom is 0.261 e. The quantitative estimate of drug-likeness (QED) is 0.502.